The first-order chi connectivity index (χ1) is 3.72. The van der Waals surface area contributed by atoms with Gasteiger partial charge in [-0.3, -0.25) is 0 Å². The summed E-state index contributed by atoms with van der Waals surface area (Å²) in [4.78, 5) is 0. The molecule has 0 aliphatic carbocycles. The van der Waals surface area contributed by atoms with Crippen molar-refractivity contribution in [3.63, 3.8) is 0 Å². The Kier molecular flexibility index (Phi) is 3.83. The zero-order chi connectivity index (χ0) is 6.57. The van der Waals surface area contributed by atoms with E-state index in [-0.39, 0.29) is 12.0 Å². The molecule has 0 amide bonds. The monoisotopic (exact) mass is 117 g/mol. The van der Waals surface area contributed by atoms with Gasteiger partial charge >= 0.3 is 0 Å². The van der Waals surface area contributed by atoms with Gasteiger partial charge in [0.15, 0.2) is 0 Å². The second-order valence-corrected chi connectivity index (χ2v) is 2.14. The molecule has 0 rings (SSSR count). The largest absolute Gasteiger partial charge is 0.393 e. The molecule has 2 heteroatoms. The van der Waals surface area contributed by atoms with Gasteiger partial charge in [0, 0.05) is 0 Å². The number of aliphatic hydroxyl groups is 1. The van der Waals surface area contributed by atoms with Crippen LogP contribution in [0, 0.1) is 5.92 Å². The maximum absolute atomic E-state index is 8.93. The molecule has 0 aromatic rings. The average molecular weight is 117 g/mol. The molecule has 0 aliphatic heterocycles. The van der Waals surface area contributed by atoms with E-state index in [1.807, 2.05) is 6.92 Å². The molecule has 0 heterocycles. The van der Waals surface area contributed by atoms with Gasteiger partial charge in [0.25, 0.3) is 0 Å². The standard InChI is InChI=1S/C6H15NO/c1-3-6(4-7)5(2)8/h5-6,8H,3-4,7H2,1-2H3/t5?,6-/m1/s1. The average Bonchev–Trinajstić information content (AvgIpc) is 1.69. The summed E-state index contributed by atoms with van der Waals surface area (Å²) < 4.78 is 0. The highest BCUT2D eigenvalue weighted by Gasteiger charge is 2.08. The zero-order valence-electron chi connectivity index (χ0n) is 5.59. The molecular weight excluding hydrogens is 102 g/mol. The van der Waals surface area contributed by atoms with Crippen LogP contribution in [0.5, 0.6) is 0 Å². The summed E-state index contributed by atoms with van der Waals surface area (Å²) in [7, 11) is 0. The van der Waals surface area contributed by atoms with E-state index in [4.69, 9.17) is 10.8 Å². The van der Waals surface area contributed by atoms with Crippen molar-refractivity contribution in [1.29, 1.82) is 0 Å². The smallest absolute Gasteiger partial charge is 0.0552 e. The summed E-state index contributed by atoms with van der Waals surface area (Å²) in [6, 6.07) is 0. The molecule has 50 valence electrons. The molecule has 3 N–H and O–H groups in total. The Morgan fingerprint density at radius 3 is 2.12 bits per heavy atom. The summed E-state index contributed by atoms with van der Waals surface area (Å²) in [5.41, 5.74) is 5.32. The molecule has 8 heavy (non-hydrogen) atoms. The van der Waals surface area contributed by atoms with Crippen molar-refractivity contribution in [1.82, 2.24) is 0 Å². The van der Waals surface area contributed by atoms with E-state index in [2.05, 4.69) is 0 Å². The Bertz CT molecular complexity index is 50.5. The SMILES string of the molecule is CC[C@H](CN)C(C)O. The lowest BCUT2D eigenvalue weighted by Crippen LogP contribution is -2.24. The maximum Gasteiger partial charge on any atom is 0.0552 e. The number of hydrogen-bond donors (Lipinski definition) is 2. The Balaban J connectivity index is 3.35. The minimum absolute atomic E-state index is 0.245. The minimum atomic E-state index is -0.245. The summed E-state index contributed by atoms with van der Waals surface area (Å²) in [6.07, 6.45) is 0.721. The van der Waals surface area contributed by atoms with Gasteiger partial charge in [-0.25, -0.2) is 0 Å². The normalized spacial score (nSPS) is 18.0. The summed E-state index contributed by atoms with van der Waals surface area (Å²) >= 11 is 0. The van der Waals surface area contributed by atoms with Gasteiger partial charge < -0.3 is 10.8 Å². The molecule has 0 fully saturated rings. The fourth-order valence-electron chi connectivity index (χ4n) is 0.705. The summed E-state index contributed by atoms with van der Waals surface area (Å²) in [5, 5.41) is 8.93. The topological polar surface area (TPSA) is 46.2 Å². The predicted molar refractivity (Wildman–Crippen MR) is 34.5 cm³/mol. The second kappa shape index (κ2) is 3.87. The zero-order valence-corrected chi connectivity index (χ0v) is 5.59. The molecule has 0 spiro atoms. The predicted octanol–water partition coefficient (Wildman–Crippen LogP) is 0.352. The third-order valence-electron chi connectivity index (χ3n) is 1.51. The highest BCUT2D eigenvalue weighted by molar-refractivity contribution is 4.62. The van der Waals surface area contributed by atoms with Crippen LogP contribution in [0.2, 0.25) is 0 Å². The van der Waals surface area contributed by atoms with Crippen LogP contribution >= 0.6 is 0 Å². The van der Waals surface area contributed by atoms with Crippen molar-refractivity contribution in [2.24, 2.45) is 11.7 Å². The minimum Gasteiger partial charge on any atom is -0.393 e. The fourth-order valence-corrected chi connectivity index (χ4v) is 0.705. The lowest BCUT2D eigenvalue weighted by atomic mass is 10.0. The molecule has 0 bridgehead atoms. The molecule has 0 saturated heterocycles. The Hall–Kier alpha value is -0.0800. The number of aliphatic hydroxyl groups excluding tert-OH is 1. The molecule has 0 aromatic heterocycles. The van der Waals surface area contributed by atoms with Crippen LogP contribution in [0.25, 0.3) is 0 Å². The third kappa shape index (κ3) is 2.28. The van der Waals surface area contributed by atoms with Crippen molar-refractivity contribution >= 4 is 0 Å². The van der Waals surface area contributed by atoms with Crippen LogP contribution in [0.15, 0.2) is 0 Å². The van der Waals surface area contributed by atoms with Crippen molar-refractivity contribution in [2.45, 2.75) is 26.4 Å². The first kappa shape index (κ1) is 7.92. The molecule has 2 atom stereocenters. The van der Waals surface area contributed by atoms with Crippen LogP contribution in [0.3, 0.4) is 0 Å². The van der Waals surface area contributed by atoms with Gasteiger partial charge in [0.05, 0.1) is 6.10 Å². The van der Waals surface area contributed by atoms with Crippen LogP contribution in [0.4, 0.5) is 0 Å². The molecule has 0 saturated carbocycles. The fraction of sp³-hybridized carbons (Fsp3) is 1.00. The number of nitrogens with two attached hydrogens (primary N) is 1. The van der Waals surface area contributed by atoms with Crippen molar-refractivity contribution < 1.29 is 5.11 Å². The van der Waals surface area contributed by atoms with Gasteiger partial charge in [0.2, 0.25) is 0 Å². The van der Waals surface area contributed by atoms with E-state index in [0.29, 0.717) is 6.54 Å². The van der Waals surface area contributed by atoms with E-state index in [0.717, 1.165) is 6.42 Å². The number of hydrogen-bond acceptors (Lipinski definition) is 2. The summed E-state index contributed by atoms with van der Waals surface area (Å²) in [6.45, 7) is 4.40. The Labute approximate surface area is 50.7 Å². The molecule has 0 radical (unpaired) electrons. The molecule has 0 aliphatic rings. The van der Waals surface area contributed by atoms with E-state index in [9.17, 15) is 0 Å². The molecule has 2 nitrogen and oxygen atoms in total. The molecular formula is C6H15NO. The Morgan fingerprint density at radius 1 is 1.62 bits per heavy atom. The quantitative estimate of drug-likeness (QED) is 0.560. The maximum atomic E-state index is 8.93. The van der Waals surface area contributed by atoms with Gasteiger partial charge in [0.1, 0.15) is 0 Å². The van der Waals surface area contributed by atoms with Crippen molar-refractivity contribution in [3.8, 4) is 0 Å². The molecule has 1 unspecified atom stereocenters. The van der Waals surface area contributed by atoms with E-state index >= 15 is 0 Å². The highest BCUT2D eigenvalue weighted by Crippen LogP contribution is 2.04. The molecule has 0 aromatic carbocycles. The van der Waals surface area contributed by atoms with Gasteiger partial charge in [-0.05, 0) is 25.8 Å². The van der Waals surface area contributed by atoms with Crippen LogP contribution < -0.4 is 5.73 Å². The third-order valence-corrected chi connectivity index (χ3v) is 1.51. The first-order valence-electron chi connectivity index (χ1n) is 3.10. The lowest BCUT2D eigenvalue weighted by molar-refractivity contribution is 0.127. The van der Waals surface area contributed by atoms with E-state index in [1.165, 1.54) is 0 Å². The number of rotatable bonds is 3. The van der Waals surface area contributed by atoms with Crippen molar-refractivity contribution in [3.05, 3.63) is 0 Å². The second-order valence-electron chi connectivity index (χ2n) is 2.14. The van der Waals surface area contributed by atoms with Crippen LogP contribution in [-0.4, -0.2) is 17.8 Å². The van der Waals surface area contributed by atoms with Crippen molar-refractivity contribution in [2.75, 3.05) is 6.54 Å². The first-order valence-corrected chi connectivity index (χ1v) is 3.10. The van der Waals surface area contributed by atoms with Crippen LogP contribution in [0.1, 0.15) is 20.3 Å². The van der Waals surface area contributed by atoms with E-state index in [1.54, 1.807) is 6.92 Å². The van der Waals surface area contributed by atoms with Crippen LogP contribution in [-0.2, 0) is 0 Å². The van der Waals surface area contributed by atoms with Gasteiger partial charge in [-0.1, -0.05) is 6.92 Å². The van der Waals surface area contributed by atoms with Gasteiger partial charge in [-0.15, -0.1) is 0 Å². The van der Waals surface area contributed by atoms with E-state index < -0.39 is 0 Å². The Morgan fingerprint density at radius 2 is 2.12 bits per heavy atom. The summed E-state index contributed by atoms with van der Waals surface area (Å²) in [5.74, 6) is 0.287. The van der Waals surface area contributed by atoms with Gasteiger partial charge in [-0.2, -0.15) is 0 Å². The highest BCUT2D eigenvalue weighted by atomic mass is 16.3. The lowest BCUT2D eigenvalue weighted by Gasteiger charge is -2.14.